The zero-order chi connectivity index (χ0) is 17.4. The van der Waals surface area contributed by atoms with Gasteiger partial charge < -0.3 is 20.9 Å². The van der Waals surface area contributed by atoms with E-state index < -0.39 is 0 Å². The van der Waals surface area contributed by atoms with Crippen molar-refractivity contribution >= 4 is 23.2 Å². The van der Waals surface area contributed by atoms with Gasteiger partial charge in [0.1, 0.15) is 0 Å². The van der Waals surface area contributed by atoms with Crippen molar-refractivity contribution in [3.63, 3.8) is 0 Å². The number of carbonyl (C=O) groups excluding carboxylic acids is 2. The largest absolute Gasteiger partial charge is 0.326 e. The van der Waals surface area contributed by atoms with Gasteiger partial charge in [0, 0.05) is 17.8 Å². The molecule has 0 saturated carbocycles. The van der Waals surface area contributed by atoms with Crippen LogP contribution in [0.4, 0.5) is 11.4 Å². The average molecular weight is 332 g/mol. The van der Waals surface area contributed by atoms with Gasteiger partial charge >= 0.3 is 0 Å². The summed E-state index contributed by atoms with van der Waals surface area (Å²) in [7, 11) is 3.70. The molecule has 1 saturated heterocycles. The zero-order valence-corrected chi connectivity index (χ0v) is 14.6. The summed E-state index contributed by atoms with van der Waals surface area (Å²) >= 11 is 0. The van der Waals surface area contributed by atoms with E-state index in [-0.39, 0.29) is 11.8 Å². The van der Waals surface area contributed by atoms with Crippen LogP contribution in [0.2, 0.25) is 0 Å². The molecule has 0 aromatic heterocycles. The van der Waals surface area contributed by atoms with Gasteiger partial charge in [-0.2, -0.15) is 0 Å². The smallest absolute Gasteiger partial charge is 0.238 e. The van der Waals surface area contributed by atoms with E-state index in [1.807, 2.05) is 31.1 Å². The number of benzene rings is 1. The molecule has 1 heterocycles. The minimum absolute atomic E-state index is 0.0536. The first-order chi connectivity index (χ1) is 11.5. The van der Waals surface area contributed by atoms with Gasteiger partial charge in [-0.05, 0) is 76.6 Å². The van der Waals surface area contributed by atoms with Gasteiger partial charge in [-0.1, -0.05) is 0 Å². The summed E-state index contributed by atoms with van der Waals surface area (Å²) in [6.07, 6.45) is 3.83. The molecule has 1 aliphatic heterocycles. The molecule has 1 aliphatic rings. The molecular formula is C18H28N4O2. The monoisotopic (exact) mass is 332 g/mol. The number of piperidine rings is 1. The van der Waals surface area contributed by atoms with Gasteiger partial charge in [-0.3, -0.25) is 9.59 Å². The van der Waals surface area contributed by atoms with Gasteiger partial charge in [0.05, 0.1) is 6.54 Å². The van der Waals surface area contributed by atoms with Crippen LogP contribution < -0.4 is 16.0 Å². The highest BCUT2D eigenvalue weighted by atomic mass is 16.2. The summed E-state index contributed by atoms with van der Waals surface area (Å²) in [6.45, 7) is 2.47. The molecule has 1 fully saturated rings. The first kappa shape index (κ1) is 18.4. The molecular weight excluding hydrogens is 304 g/mol. The van der Waals surface area contributed by atoms with Gasteiger partial charge in [0.25, 0.3) is 0 Å². The third kappa shape index (κ3) is 6.68. The lowest BCUT2D eigenvalue weighted by atomic mass is 9.93. The third-order valence-electron chi connectivity index (χ3n) is 4.15. The van der Waals surface area contributed by atoms with Crippen LogP contribution in [-0.4, -0.2) is 50.4 Å². The number of likely N-dealkylation sites (N-methyl/N-ethyl adjacent to an activating group) is 1. The van der Waals surface area contributed by atoms with Crippen LogP contribution in [0.3, 0.4) is 0 Å². The molecule has 0 unspecified atom stereocenters. The molecule has 0 aliphatic carbocycles. The normalized spacial score (nSPS) is 15.3. The number of amides is 2. The van der Waals surface area contributed by atoms with Crippen LogP contribution in [0.15, 0.2) is 24.3 Å². The van der Waals surface area contributed by atoms with Crippen molar-refractivity contribution in [1.29, 1.82) is 0 Å². The number of anilines is 2. The molecule has 0 atom stereocenters. The Morgan fingerprint density at radius 2 is 1.58 bits per heavy atom. The van der Waals surface area contributed by atoms with Crippen molar-refractivity contribution in [2.45, 2.75) is 25.7 Å². The second-order valence-corrected chi connectivity index (χ2v) is 6.64. The number of nitrogens with zero attached hydrogens (tertiary/aromatic N) is 1. The van der Waals surface area contributed by atoms with Crippen molar-refractivity contribution < 1.29 is 9.59 Å². The highest BCUT2D eigenvalue weighted by Gasteiger charge is 2.14. The fourth-order valence-corrected chi connectivity index (χ4v) is 2.85. The number of nitrogens with one attached hydrogen (secondary N) is 3. The standard InChI is InChI=1S/C18H28N4O2/c1-22(2)13-18(24)21-16-6-4-15(5-7-16)20-17(23)8-3-14-9-11-19-12-10-14/h4-7,14,19H,3,8-13H2,1-2H3,(H,20,23)(H,21,24). The topological polar surface area (TPSA) is 73.5 Å². The van der Waals surface area contributed by atoms with Crippen LogP contribution in [0.1, 0.15) is 25.7 Å². The summed E-state index contributed by atoms with van der Waals surface area (Å²) in [6, 6.07) is 7.23. The van der Waals surface area contributed by atoms with Crippen LogP contribution in [0.5, 0.6) is 0 Å². The van der Waals surface area contributed by atoms with Crippen molar-refractivity contribution in [2.75, 3.05) is 44.4 Å². The average Bonchev–Trinajstić information content (AvgIpc) is 2.55. The Morgan fingerprint density at radius 3 is 2.12 bits per heavy atom. The molecule has 6 nitrogen and oxygen atoms in total. The van der Waals surface area contributed by atoms with E-state index in [0.29, 0.717) is 18.9 Å². The molecule has 1 aromatic carbocycles. The molecule has 1 aromatic rings. The third-order valence-corrected chi connectivity index (χ3v) is 4.15. The first-order valence-electron chi connectivity index (χ1n) is 8.58. The molecule has 3 N–H and O–H groups in total. The fraction of sp³-hybridized carbons (Fsp3) is 0.556. The molecule has 2 rings (SSSR count). The Hall–Kier alpha value is -1.92. The maximum Gasteiger partial charge on any atom is 0.238 e. The second-order valence-electron chi connectivity index (χ2n) is 6.64. The minimum atomic E-state index is -0.0567. The van der Waals surface area contributed by atoms with E-state index in [1.54, 1.807) is 12.1 Å². The van der Waals surface area contributed by atoms with Crippen LogP contribution >= 0.6 is 0 Å². The van der Waals surface area contributed by atoms with E-state index >= 15 is 0 Å². The number of hydrogen-bond donors (Lipinski definition) is 3. The Kier molecular flexibility index (Phi) is 7.21. The van der Waals surface area contributed by atoms with E-state index in [0.717, 1.165) is 43.7 Å². The lowest BCUT2D eigenvalue weighted by molar-refractivity contribution is -0.117. The Bertz CT molecular complexity index is 536. The van der Waals surface area contributed by atoms with E-state index in [9.17, 15) is 9.59 Å². The Morgan fingerprint density at radius 1 is 1.04 bits per heavy atom. The molecule has 6 heteroatoms. The maximum atomic E-state index is 12.0. The van der Waals surface area contributed by atoms with E-state index in [2.05, 4.69) is 16.0 Å². The lowest BCUT2D eigenvalue weighted by Gasteiger charge is -2.22. The summed E-state index contributed by atoms with van der Waals surface area (Å²) in [5.74, 6) is 0.656. The molecule has 0 bridgehead atoms. The molecule has 2 amide bonds. The SMILES string of the molecule is CN(C)CC(=O)Nc1ccc(NC(=O)CCC2CCNCC2)cc1. The number of rotatable bonds is 7. The Balaban J connectivity index is 1.74. The number of carbonyl (C=O) groups is 2. The van der Waals surface area contributed by atoms with Crippen LogP contribution in [0.25, 0.3) is 0 Å². The minimum Gasteiger partial charge on any atom is -0.326 e. The van der Waals surface area contributed by atoms with Crippen LogP contribution in [-0.2, 0) is 9.59 Å². The molecule has 0 spiro atoms. The zero-order valence-electron chi connectivity index (χ0n) is 14.6. The van der Waals surface area contributed by atoms with Gasteiger partial charge in [-0.25, -0.2) is 0 Å². The second kappa shape index (κ2) is 9.39. The Labute approximate surface area is 144 Å². The summed E-state index contributed by atoms with van der Waals surface area (Å²) in [5.41, 5.74) is 1.49. The highest BCUT2D eigenvalue weighted by molar-refractivity contribution is 5.93. The summed E-state index contributed by atoms with van der Waals surface area (Å²) < 4.78 is 0. The molecule has 0 radical (unpaired) electrons. The van der Waals surface area contributed by atoms with Gasteiger partial charge in [-0.15, -0.1) is 0 Å². The van der Waals surface area contributed by atoms with E-state index in [1.165, 1.54) is 0 Å². The van der Waals surface area contributed by atoms with Crippen molar-refractivity contribution in [3.8, 4) is 0 Å². The summed E-state index contributed by atoms with van der Waals surface area (Å²) in [4.78, 5) is 25.5. The summed E-state index contributed by atoms with van der Waals surface area (Å²) in [5, 5.41) is 9.08. The van der Waals surface area contributed by atoms with Gasteiger partial charge in [0.15, 0.2) is 0 Å². The first-order valence-corrected chi connectivity index (χ1v) is 8.58. The van der Waals surface area contributed by atoms with Gasteiger partial charge in [0.2, 0.25) is 11.8 Å². The lowest BCUT2D eigenvalue weighted by Crippen LogP contribution is -2.28. The van der Waals surface area contributed by atoms with Crippen molar-refractivity contribution in [3.05, 3.63) is 24.3 Å². The quantitative estimate of drug-likeness (QED) is 0.713. The fourth-order valence-electron chi connectivity index (χ4n) is 2.85. The number of hydrogen-bond acceptors (Lipinski definition) is 4. The van der Waals surface area contributed by atoms with Crippen molar-refractivity contribution in [1.82, 2.24) is 10.2 Å². The predicted octanol–water partition coefficient (Wildman–Crippen LogP) is 1.90. The van der Waals surface area contributed by atoms with Crippen molar-refractivity contribution in [2.24, 2.45) is 5.92 Å². The maximum absolute atomic E-state index is 12.0. The highest BCUT2D eigenvalue weighted by Crippen LogP contribution is 2.19. The molecule has 24 heavy (non-hydrogen) atoms. The molecule has 132 valence electrons. The predicted molar refractivity (Wildman–Crippen MR) is 97.1 cm³/mol. The van der Waals surface area contributed by atoms with Crippen LogP contribution in [0, 0.1) is 5.92 Å². The van der Waals surface area contributed by atoms with E-state index in [4.69, 9.17) is 0 Å².